The molecule has 250 valence electrons. The number of nitrogens with zero attached hydrogens (tertiary/aromatic N) is 1. The minimum atomic E-state index is -0.294. The number of morpholine rings is 1. The first-order chi connectivity index (χ1) is 21.1. The van der Waals surface area contributed by atoms with Crippen molar-refractivity contribution in [2.45, 2.75) is 129 Å². The molecule has 6 saturated carbocycles. The van der Waals surface area contributed by atoms with Gasteiger partial charge in [0.25, 0.3) is 0 Å². The van der Waals surface area contributed by atoms with Gasteiger partial charge in [0.15, 0.2) is 6.29 Å². The van der Waals surface area contributed by atoms with Gasteiger partial charge in [-0.1, -0.05) is 27.2 Å². The number of carbonyl (C=O) groups excluding carboxylic acids is 1. The topological polar surface area (TPSA) is 99.5 Å². The quantitative estimate of drug-likeness (QED) is 0.250. The van der Waals surface area contributed by atoms with Gasteiger partial charge in [-0.25, -0.2) is 0 Å². The van der Waals surface area contributed by atoms with Crippen LogP contribution in [0, 0.1) is 64.1 Å². The summed E-state index contributed by atoms with van der Waals surface area (Å²) in [6, 6.07) is 0. The highest BCUT2D eigenvalue weighted by Gasteiger charge is 2.80. The molecule has 3 unspecified atom stereocenters. The highest BCUT2D eigenvalue weighted by Crippen LogP contribution is 2.87. The maximum absolute atomic E-state index is 12.8. The van der Waals surface area contributed by atoms with Crippen LogP contribution in [0.4, 0.5) is 0 Å². The summed E-state index contributed by atoms with van der Waals surface area (Å²) in [5, 5.41) is 27.6. The fourth-order valence-corrected chi connectivity index (χ4v) is 12.0. The summed E-state index contributed by atoms with van der Waals surface area (Å²) in [6.07, 6.45) is 23.8. The third-order valence-electron chi connectivity index (χ3n) is 14.3. The van der Waals surface area contributed by atoms with Crippen LogP contribution in [0.5, 0.6) is 0 Å². The molecule has 44 heavy (non-hydrogen) atoms. The number of fused-ring (bicyclic) bond motifs is 2. The Hall–Kier alpha value is -1.17. The summed E-state index contributed by atoms with van der Waals surface area (Å²) in [7, 11) is 1.00. The first kappa shape index (κ1) is 34.2. The van der Waals surface area contributed by atoms with E-state index in [1.54, 1.807) is 0 Å². The predicted octanol–water partition coefficient (Wildman–Crippen LogP) is 5.40. The van der Waals surface area contributed by atoms with Crippen LogP contribution >= 0.6 is 0 Å². The highest BCUT2D eigenvalue weighted by molar-refractivity contribution is 5.76. The van der Waals surface area contributed by atoms with Crippen molar-refractivity contribution in [2.75, 3.05) is 33.4 Å². The Morgan fingerprint density at radius 1 is 0.977 bits per heavy atom. The molecule has 0 aromatic heterocycles. The zero-order valence-electron chi connectivity index (χ0n) is 28.0. The Kier molecular flexibility index (Phi) is 10.2. The van der Waals surface area contributed by atoms with Crippen LogP contribution < -0.4 is 0 Å². The first-order valence-electron chi connectivity index (χ1n) is 17.8. The predicted molar refractivity (Wildman–Crippen MR) is 171 cm³/mol. The van der Waals surface area contributed by atoms with E-state index in [4.69, 9.17) is 14.6 Å². The van der Waals surface area contributed by atoms with Gasteiger partial charge >= 0.3 is 0 Å². The second-order valence-electron chi connectivity index (χ2n) is 16.2. The number of terminal acetylenes is 1. The zero-order chi connectivity index (χ0) is 31.9. The van der Waals surface area contributed by atoms with Gasteiger partial charge in [0.1, 0.15) is 0 Å². The van der Waals surface area contributed by atoms with E-state index in [0.29, 0.717) is 60.6 Å². The van der Waals surface area contributed by atoms with E-state index < -0.39 is 0 Å². The van der Waals surface area contributed by atoms with E-state index in [0.717, 1.165) is 45.1 Å². The van der Waals surface area contributed by atoms with Crippen molar-refractivity contribution in [3.63, 3.8) is 0 Å². The number of aliphatic hydroxyl groups is 3. The summed E-state index contributed by atoms with van der Waals surface area (Å²) >= 11 is 0. The summed E-state index contributed by atoms with van der Waals surface area (Å²) in [4.78, 5) is 14.8. The van der Waals surface area contributed by atoms with E-state index in [-0.39, 0.29) is 41.8 Å². The van der Waals surface area contributed by atoms with Crippen molar-refractivity contribution in [1.29, 1.82) is 0 Å². The SMILES string of the molecule is C#C.CC1(C)C2CC[C@H]3C4C[C@@H](O)[C@H](CCCCO)[C@@]4(C)CC[C@]34C[C@]24CC[C@@H]1OC1CN(C(=O)CC2CC2)CCO1.CO. The minimum Gasteiger partial charge on any atom is -0.400 e. The average molecular weight is 616 g/mol. The average Bonchev–Trinajstić information content (AvgIpc) is 3.94. The zero-order valence-corrected chi connectivity index (χ0v) is 28.0. The third-order valence-corrected chi connectivity index (χ3v) is 14.3. The van der Waals surface area contributed by atoms with Gasteiger partial charge < -0.3 is 29.7 Å². The Morgan fingerprint density at radius 3 is 2.43 bits per heavy atom. The molecular formula is C37H61NO6. The summed E-state index contributed by atoms with van der Waals surface area (Å²) in [5.74, 6) is 3.41. The van der Waals surface area contributed by atoms with E-state index in [2.05, 4.69) is 33.6 Å². The Morgan fingerprint density at radius 2 is 1.73 bits per heavy atom. The molecule has 0 aromatic rings. The second-order valence-corrected chi connectivity index (χ2v) is 16.2. The molecule has 1 heterocycles. The van der Waals surface area contributed by atoms with Crippen LogP contribution in [-0.2, 0) is 14.3 Å². The van der Waals surface area contributed by atoms with Crippen molar-refractivity contribution >= 4 is 5.91 Å². The lowest BCUT2D eigenvalue weighted by Crippen LogP contribution is -2.56. The molecule has 7 aliphatic rings. The number of rotatable bonds is 8. The smallest absolute Gasteiger partial charge is 0.223 e. The van der Waals surface area contributed by atoms with Gasteiger partial charge in [0.05, 0.1) is 25.4 Å². The normalized spacial score (nSPS) is 44.8. The van der Waals surface area contributed by atoms with Gasteiger partial charge in [-0.15, -0.1) is 12.8 Å². The van der Waals surface area contributed by atoms with Crippen LogP contribution in [0.3, 0.4) is 0 Å². The number of carbonyl (C=O) groups is 1. The largest absolute Gasteiger partial charge is 0.400 e. The monoisotopic (exact) mass is 615 g/mol. The van der Waals surface area contributed by atoms with Gasteiger partial charge in [-0.3, -0.25) is 4.79 Å². The molecule has 10 atom stereocenters. The fourth-order valence-electron chi connectivity index (χ4n) is 12.0. The highest BCUT2D eigenvalue weighted by atomic mass is 16.7. The van der Waals surface area contributed by atoms with Crippen molar-refractivity contribution in [3.05, 3.63) is 0 Å². The van der Waals surface area contributed by atoms with Crippen LogP contribution in [-0.4, -0.2) is 78.0 Å². The molecule has 1 aliphatic heterocycles. The lowest BCUT2D eigenvalue weighted by atomic mass is 9.46. The second kappa shape index (κ2) is 13.1. The molecule has 7 nitrogen and oxygen atoms in total. The summed E-state index contributed by atoms with van der Waals surface area (Å²) in [6.45, 7) is 9.59. The molecule has 7 heteroatoms. The number of amides is 1. The van der Waals surface area contributed by atoms with Crippen molar-refractivity contribution in [2.24, 2.45) is 51.2 Å². The number of unbranched alkanes of at least 4 members (excludes halogenated alkanes) is 1. The Bertz CT molecular complexity index is 1030. The van der Waals surface area contributed by atoms with Crippen LogP contribution in [0.15, 0.2) is 0 Å². The molecule has 0 radical (unpaired) electrons. The maximum atomic E-state index is 12.8. The third kappa shape index (κ3) is 5.57. The van der Waals surface area contributed by atoms with Gasteiger partial charge in [-0.05, 0) is 128 Å². The van der Waals surface area contributed by atoms with Gasteiger partial charge in [0.2, 0.25) is 5.91 Å². The Balaban J connectivity index is 0.000000924. The molecule has 7 fully saturated rings. The molecule has 1 saturated heterocycles. The standard InChI is InChI=1S/C34H55NO5.C2H2.CH4O/c1-31(2)27-10-9-23-25-19-26(37)24(6-4-5-16-36)32(25,3)13-14-33(23)21-34(27,33)12-11-28(31)40-30-20-35(15-17-39-30)29(38)18-22-7-8-22;2*1-2/h22-28,30,36-37H,4-21H2,1-3H3;1-2H;2H,1H3/t23-,24-,25?,26+,27?,28-,30?,32+,33-,34+;;/m0../s1. The van der Waals surface area contributed by atoms with Crippen LogP contribution in [0.2, 0.25) is 0 Å². The molecule has 2 spiro atoms. The lowest BCUT2D eigenvalue weighted by molar-refractivity contribution is -0.244. The van der Waals surface area contributed by atoms with E-state index in [1.807, 2.05) is 4.90 Å². The molecule has 0 bridgehead atoms. The van der Waals surface area contributed by atoms with E-state index in [1.165, 1.54) is 51.4 Å². The number of aliphatic hydroxyl groups excluding tert-OH is 3. The number of ether oxygens (including phenoxy) is 2. The number of hydrogen-bond donors (Lipinski definition) is 3. The summed E-state index contributed by atoms with van der Waals surface area (Å²) in [5.41, 5.74) is 1.30. The fraction of sp³-hybridized carbons (Fsp3) is 0.919. The molecule has 6 aliphatic carbocycles. The molecular weight excluding hydrogens is 554 g/mol. The van der Waals surface area contributed by atoms with Crippen molar-refractivity contribution in [3.8, 4) is 12.8 Å². The Labute approximate surface area is 266 Å². The van der Waals surface area contributed by atoms with Crippen LogP contribution in [0.1, 0.15) is 111 Å². The molecule has 7 rings (SSSR count). The minimum absolute atomic E-state index is 0.0964. The summed E-state index contributed by atoms with van der Waals surface area (Å²) < 4.78 is 12.9. The lowest BCUT2D eigenvalue weighted by Gasteiger charge is -2.60. The number of hydrogen-bond acceptors (Lipinski definition) is 6. The van der Waals surface area contributed by atoms with Crippen LogP contribution in [0.25, 0.3) is 0 Å². The molecule has 1 amide bonds. The van der Waals surface area contributed by atoms with Crippen molar-refractivity contribution in [1.82, 2.24) is 4.90 Å². The first-order valence-corrected chi connectivity index (χ1v) is 17.8. The molecule has 0 aromatic carbocycles. The van der Waals surface area contributed by atoms with Crippen molar-refractivity contribution < 1.29 is 29.6 Å². The van der Waals surface area contributed by atoms with E-state index >= 15 is 0 Å². The van der Waals surface area contributed by atoms with E-state index in [9.17, 15) is 15.0 Å². The maximum Gasteiger partial charge on any atom is 0.223 e. The van der Waals surface area contributed by atoms with Gasteiger partial charge in [-0.2, -0.15) is 0 Å². The van der Waals surface area contributed by atoms with Gasteiger partial charge in [0, 0.05) is 26.7 Å². The molecule has 3 N–H and O–H groups in total.